The van der Waals surface area contributed by atoms with Crippen LogP contribution >= 0.6 is 0 Å². The van der Waals surface area contributed by atoms with Gasteiger partial charge in [0.25, 0.3) is 0 Å². The Bertz CT molecular complexity index is 1330. The van der Waals surface area contributed by atoms with Crippen molar-refractivity contribution in [3.63, 3.8) is 0 Å². The molecule has 5 aliphatic carbocycles. The largest absolute Gasteiger partial charge is 0.454 e. The highest BCUT2D eigenvalue weighted by molar-refractivity contribution is 6.01. The van der Waals surface area contributed by atoms with Gasteiger partial charge < -0.3 is 19.3 Å². The van der Waals surface area contributed by atoms with Gasteiger partial charge in [-0.1, -0.05) is 44.8 Å². The van der Waals surface area contributed by atoms with Crippen molar-refractivity contribution in [2.24, 2.45) is 34.5 Å². The SMILES string of the molecule is C[C@]12C=CC(=O)C=C1CC[C@@H]1[C@@H]2[C@@H](O)C[C@@]2(C)[C@H]1C[C@H]1O[C@@H](C3CCCCC3)O[C@]12C(=O)COC(=O)c1cccnc1. The molecule has 1 aromatic heterocycles. The molecular formula is C34H41NO7. The number of hydrogen-bond acceptors (Lipinski definition) is 8. The zero-order valence-electron chi connectivity index (χ0n) is 24.5. The van der Waals surface area contributed by atoms with Crippen LogP contribution in [0.5, 0.6) is 0 Å². The maximum absolute atomic E-state index is 14.4. The highest BCUT2D eigenvalue weighted by atomic mass is 16.7. The lowest BCUT2D eigenvalue weighted by atomic mass is 9.46. The molecule has 1 saturated heterocycles. The van der Waals surface area contributed by atoms with Crippen molar-refractivity contribution in [1.29, 1.82) is 0 Å². The standard InChI is InChI=1S/C34H41NO7/c1-32-13-12-23(36)15-22(32)10-11-24-25-16-28-34(33(25,2)17-26(37)29(24)32,42-31(41-28)20-7-4-3-5-8-20)27(38)19-40-30(39)21-9-6-14-35-18-21/h6,9,12-15,18,20,24-26,28-29,31,37H,3-5,7-8,10-11,16-17,19H2,1-2H3/t24-,25-,26-,28+,29+,31+,32-,33-,34+/m0/s1. The van der Waals surface area contributed by atoms with Crippen LogP contribution < -0.4 is 0 Å². The van der Waals surface area contributed by atoms with E-state index in [1.807, 2.05) is 6.08 Å². The van der Waals surface area contributed by atoms with Crippen molar-refractivity contribution in [3.8, 4) is 0 Å². The Labute approximate surface area is 246 Å². The number of aromatic nitrogens is 1. The zero-order chi connectivity index (χ0) is 29.3. The summed E-state index contributed by atoms with van der Waals surface area (Å²) in [5.74, 6) is -0.520. The highest BCUT2D eigenvalue weighted by Gasteiger charge is 2.76. The third-order valence-electron chi connectivity index (χ3n) is 11.9. The fraction of sp³-hybridized carbons (Fsp3) is 0.647. The first-order valence-corrected chi connectivity index (χ1v) is 15.7. The number of Topliss-reactive ketones (excluding diaryl/α,β-unsaturated/α-hetero) is 1. The third-order valence-corrected chi connectivity index (χ3v) is 11.9. The topological polar surface area (TPSA) is 112 Å². The number of ketones is 2. The summed E-state index contributed by atoms with van der Waals surface area (Å²) in [6, 6.07) is 3.26. The second-order valence-electron chi connectivity index (χ2n) is 13.9. The molecule has 5 fully saturated rings. The maximum atomic E-state index is 14.4. The molecule has 0 aromatic carbocycles. The highest BCUT2D eigenvalue weighted by Crippen LogP contribution is 2.70. The number of allylic oxidation sites excluding steroid dienone is 4. The summed E-state index contributed by atoms with van der Waals surface area (Å²) >= 11 is 0. The predicted octanol–water partition coefficient (Wildman–Crippen LogP) is 4.76. The zero-order valence-corrected chi connectivity index (χ0v) is 24.5. The van der Waals surface area contributed by atoms with Crippen LogP contribution in [0.1, 0.15) is 82.0 Å². The van der Waals surface area contributed by atoms with Crippen LogP contribution in [0.4, 0.5) is 0 Å². The number of esters is 1. The van der Waals surface area contributed by atoms with Gasteiger partial charge in [-0.15, -0.1) is 0 Å². The number of fused-ring (bicyclic) bond motifs is 7. The molecule has 1 aliphatic heterocycles. The van der Waals surface area contributed by atoms with E-state index in [0.29, 0.717) is 12.8 Å². The number of rotatable bonds is 5. The molecule has 1 aromatic rings. The average molecular weight is 576 g/mol. The molecule has 224 valence electrons. The summed E-state index contributed by atoms with van der Waals surface area (Å²) in [6.45, 7) is 3.82. The van der Waals surface area contributed by atoms with Gasteiger partial charge >= 0.3 is 5.97 Å². The molecule has 4 saturated carbocycles. The summed E-state index contributed by atoms with van der Waals surface area (Å²) in [7, 11) is 0. The number of pyridine rings is 1. The molecule has 0 amide bonds. The Morgan fingerprint density at radius 3 is 2.74 bits per heavy atom. The first-order chi connectivity index (χ1) is 20.2. The van der Waals surface area contributed by atoms with E-state index >= 15 is 0 Å². The molecule has 42 heavy (non-hydrogen) atoms. The molecule has 0 spiro atoms. The van der Waals surface area contributed by atoms with Crippen LogP contribution in [0.2, 0.25) is 0 Å². The fourth-order valence-electron chi connectivity index (χ4n) is 10.0. The van der Waals surface area contributed by atoms with E-state index in [4.69, 9.17) is 14.2 Å². The monoisotopic (exact) mass is 575 g/mol. The number of carbonyl (C=O) groups excluding carboxylic acids is 3. The normalized spacial score (nSPS) is 42.6. The minimum atomic E-state index is -1.31. The molecular weight excluding hydrogens is 534 g/mol. The van der Waals surface area contributed by atoms with E-state index in [1.54, 1.807) is 30.5 Å². The van der Waals surface area contributed by atoms with Crippen LogP contribution in [-0.2, 0) is 23.8 Å². The predicted molar refractivity (Wildman–Crippen MR) is 152 cm³/mol. The third kappa shape index (κ3) is 4.05. The number of nitrogens with zero attached hydrogens (tertiary/aromatic N) is 1. The van der Waals surface area contributed by atoms with Gasteiger partial charge in [-0.05, 0) is 74.6 Å². The van der Waals surface area contributed by atoms with E-state index in [-0.39, 0.29) is 40.8 Å². The molecule has 0 unspecified atom stereocenters. The Morgan fingerprint density at radius 2 is 1.98 bits per heavy atom. The quantitative estimate of drug-likeness (QED) is 0.501. The summed E-state index contributed by atoms with van der Waals surface area (Å²) in [4.78, 5) is 43.4. The van der Waals surface area contributed by atoms with E-state index in [0.717, 1.165) is 44.1 Å². The summed E-state index contributed by atoms with van der Waals surface area (Å²) in [5.41, 5.74) is -1.04. The second-order valence-corrected chi connectivity index (χ2v) is 13.9. The van der Waals surface area contributed by atoms with E-state index in [1.165, 1.54) is 12.6 Å². The molecule has 8 nitrogen and oxygen atoms in total. The van der Waals surface area contributed by atoms with Crippen molar-refractivity contribution in [1.82, 2.24) is 4.98 Å². The lowest BCUT2D eigenvalue weighted by Gasteiger charge is -2.59. The van der Waals surface area contributed by atoms with Crippen molar-refractivity contribution in [2.75, 3.05) is 6.61 Å². The van der Waals surface area contributed by atoms with Crippen molar-refractivity contribution < 1.29 is 33.7 Å². The summed E-state index contributed by atoms with van der Waals surface area (Å²) in [6.07, 6.45) is 14.8. The van der Waals surface area contributed by atoms with Gasteiger partial charge in [0, 0.05) is 35.1 Å². The summed E-state index contributed by atoms with van der Waals surface area (Å²) < 4.78 is 19.2. The van der Waals surface area contributed by atoms with E-state index in [2.05, 4.69) is 18.8 Å². The molecule has 8 heteroatoms. The molecule has 9 atom stereocenters. The number of ether oxygens (including phenoxy) is 3. The van der Waals surface area contributed by atoms with Crippen LogP contribution in [0, 0.1) is 34.5 Å². The Balaban J connectivity index is 1.22. The van der Waals surface area contributed by atoms with E-state index in [9.17, 15) is 19.5 Å². The molecule has 1 N–H and O–H groups in total. The van der Waals surface area contributed by atoms with Crippen LogP contribution in [0.25, 0.3) is 0 Å². The number of carbonyl (C=O) groups is 3. The lowest BCUT2D eigenvalue weighted by Crippen LogP contribution is -2.63. The molecule has 7 rings (SSSR count). The lowest BCUT2D eigenvalue weighted by molar-refractivity contribution is -0.209. The number of hydrogen-bond donors (Lipinski definition) is 1. The maximum Gasteiger partial charge on any atom is 0.340 e. The molecule has 0 bridgehead atoms. The Hall–Kier alpha value is -2.68. The van der Waals surface area contributed by atoms with Crippen molar-refractivity contribution in [2.45, 2.75) is 95.7 Å². The van der Waals surface area contributed by atoms with Gasteiger partial charge in [0.05, 0.1) is 17.8 Å². The van der Waals surface area contributed by atoms with Gasteiger partial charge in [0.2, 0.25) is 5.78 Å². The number of aliphatic hydroxyl groups is 1. The van der Waals surface area contributed by atoms with Gasteiger partial charge in [-0.25, -0.2) is 4.79 Å². The molecule has 0 radical (unpaired) electrons. The van der Waals surface area contributed by atoms with Gasteiger partial charge in [-0.2, -0.15) is 0 Å². The Morgan fingerprint density at radius 1 is 1.17 bits per heavy atom. The van der Waals surface area contributed by atoms with Crippen LogP contribution in [-0.4, -0.2) is 58.3 Å². The smallest absolute Gasteiger partial charge is 0.340 e. The van der Waals surface area contributed by atoms with E-state index < -0.39 is 47.5 Å². The Kier molecular flexibility index (Phi) is 6.83. The minimum Gasteiger partial charge on any atom is -0.454 e. The molecule has 6 aliphatic rings. The first kappa shape index (κ1) is 28.1. The first-order valence-electron chi connectivity index (χ1n) is 15.7. The molecule has 2 heterocycles. The van der Waals surface area contributed by atoms with Crippen molar-refractivity contribution >= 4 is 17.5 Å². The minimum absolute atomic E-state index is 0.00685. The fourth-order valence-corrected chi connectivity index (χ4v) is 10.0. The van der Waals surface area contributed by atoms with Gasteiger partial charge in [-0.3, -0.25) is 14.6 Å². The second kappa shape index (κ2) is 10.2. The van der Waals surface area contributed by atoms with Crippen LogP contribution in [0.15, 0.2) is 48.3 Å². The number of aliphatic hydroxyl groups excluding tert-OH is 1. The average Bonchev–Trinajstić information content (AvgIpc) is 3.50. The van der Waals surface area contributed by atoms with Gasteiger partial charge in [0.1, 0.15) is 0 Å². The summed E-state index contributed by atoms with van der Waals surface area (Å²) in [5, 5.41) is 11.9. The van der Waals surface area contributed by atoms with Crippen LogP contribution in [0.3, 0.4) is 0 Å². The van der Waals surface area contributed by atoms with Gasteiger partial charge in [0.15, 0.2) is 24.3 Å². The van der Waals surface area contributed by atoms with Crippen molar-refractivity contribution in [3.05, 3.63) is 53.9 Å².